The number of benzene rings is 2. The summed E-state index contributed by atoms with van der Waals surface area (Å²) >= 11 is 5.23. The van der Waals surface area contributed by atoms with E-state index in [4.69, 9.17) is 21.7 Å². The van der Waals surface area contributed by atoms with Crippen molar-refractivity contribution < 1.29 is 19.1 Å². The van der Waals surface area contributed by atoms with Crippen molar-refractivity contribution in [1.82, 2.24) is 10.6 Å². The number of ether oxygens (including phenoxy) is 2. The summed E-state index contributed by atoms with van der Waals surface area (Å²) in [6, 6.07) is 13.8. The van der Waals surface area contributed by atoms with Crippen LogP contribution < -0.4 is 20.7 Å². The van der Waals surface area contributed by atoms with Gasteiger partial charge in [-0.2, -0.15) is 0 Å². The van der Waals surface area contributed by atoms with Crippen molar-refractivity contribution in [1.29, 1.82) is 0 Å². The Bertz CT molecular complexity index is 885. The van der Waals surface area contributed by atoms with Crippen LogP contribution in [0.1, 0.15) is 41.0 Å². The summed E-state index contributed by atoms with van der Waals surface area (Å²) in [5.41, 5.74) is 1.63. The average Bonchev–Trinajstić information content (AvgIpc) is 2.74. The Morgan fingerprint density at radius 1 is 1.00 bits per heavy atom. The zero-order valence-corrected chi connectivity index (χ0v) is 18.9. The van der Waals surface area contributed by atoms with E-state index in [2.05, 4.69) is 29.8 Å². The first kappa shape index (κ1) is 24.3. The number of anilines is 1. The van der Waals surface area contributed by atoms with E-state index in [0.717, 1.165) is 6.42 Å². The fraction of sp³-hybridized carbons (Fsp3) is 0.348. The van der Waals surface area contributed by atoms with E-state index in [1.807, 2.05) is 6.07 Å². The highest BCUT2D eigenvalue weighted by atomic mass is 32.1. The van der Waals surface area contributed by atoms with Crippen LogP contribution in [0.25, 0.3) is 0 Å². The molecule has 3 N–H and O–H groups in total. The van der Waals surface area contributed by atoms with E-state index < -0.39 is 0 Å². The molecule has 2 aromatic rings. The maximum absolute atomic E-state index is 12.5. The molecule has 0 unspecified atom stereocenters. The van der Waals surface area contributed by atoms with Gasteiger partial charge < -0.3 is 20.1 Å². The number of carbonyl (C=O) groups is 2. The van der Waals surface area contributed by atoms with Gasteiger partial charge in [-0.25, -0.2) is 0 Å². The first-order valence-corrected chi connectivity index (χ1v) is 10.5. The molecule has 0 aliphatic rings. The fourth-order valence-corrected chi connectivity index (χ4v) is 2.76. The van der Waals surface area contributed by atoms with Crippen LogP contribution >= 0.6 is 12.2 Å². The quantitative estimate of drug-likeness (QED) is 0.384. The molecule has 0 fully saturated rings. The summed E-state index contributed by atoms with van der Waals surface area (Å²) in [6.07, 6.45) is 0.942. The van der Waals surface area contributed by atoms with E-state index in [0.29, 0.717) is 48.2 Å². The molecule has 2 aromatic carbocycles. The van der Waals surface area contributed by atoms with Gasteiger partial charge in [0.1, 0.15) is 5.75 Å². The Hall–Kier alpha value is -2.97. The highest BCUT2D eigenvalue weighted by Crippen LogP contribution is 2.15. The maximum Gasteiger partial charge on any atom is 0.257 e. The summed E-state index contributed by atoms with van der Waals surface area (Å²) in [5, 5.41) is 8.50. The first-order chi connectivity index (χ1) is 14.9. The molecule has 0 atom stereocenters. The summed E-state index contributed by atoms with van der Waals surface area (Å²) in [6.45, 7) is 5.75. The highest BCUT2D eigenvalue weighted by molar-refractivity contribution is 7.80. The zero-order valence-electron chi connectivity index (χ0n) is 18.1. The fourth-order valence-electron chi connectivity index (χ4n) is 2.55. The van der Waals surface area contributed by atoms with Crippen LogP contribution in [-0.4, -0.2) is 43.8 Å². The van der Waals surface area contributed by atoms with E-state index in [9.17, 15) is 9.59 Å². The molecule has 0 aromatic heterocycles. The highest BCUT2D eigenvalue weighted by Gasteiger charge is 2.10. The largest absolute Gasteiger partial charge is 0.494 e. The van der Waals surface area contributed by atoms with Crippen molar-refractivity contribution in [2.45, 2.75) is 20.3 Å². The molecule has 0 spiro atoms. The number of thiocarbonyl (C=S) groups is 1. The molecule has 0 aliphatic heterocycles. The van der Waals surface area contributed by atoms with Gasteiger partial charge in [0.25, 0.3) is 11.8 Å². The lowest BCUT2D eigenvalue weighted by Gasteiger charge is -2.12. The Balaban J connectivity index is 1.86. The Labute approximate surface area is 188 Å². The summed E-state index contributed by atoms with van der Waals surface area (Å²) in [4.78, 5) is 24.5. The van der Waals surface area contributed by atoms with Gasteiger partial charge >= 0.3 is 0 Å². The van der Waals surface area contributed by atoms with Gasteiger partial charge in [0.2, 0.25) is 0 Å². The number of methoxy groups -OCH3 is 1. The maximum atomic E-state index is 12.5. The van der Waals surface area contributed by atoms with Crippen LogP contribution in [0.2, 0.25) is 0 Å². The molecule has 0 heterocycles. The van der Waals surface area contributed by atoms with Crippen molar-refractivity contribution in [3.05, 3.63) is 59.7 Å². The minimum Gasteiger partial charge on any atom is -0.494 e. The number of nitrogens with one attached hydrogen (secondary N) is 3. The second-order valence-electron chi connectivity index (χ2n) is 7.29. The minimum atomic E-state index is -0.332. The molecule has 0 saturated carbocycles. The van der Waals surface area contributed by atoms with Crippen molar-refractivity contribution in [3.63, 3.8) is 0 Å². The standard InChI is InChI=1S/C23H29N3O4S/c1-16(2)11-13-30-20-6-4-5-18(15-20)22(28)26-23(31)25-19-9-7-17(8-10-19)21(27)24-12-14-29-3/h4-10,15-16H,11-14H2,1-3H3,(H,24,27)(H2,25,26,28,31). The van der Waals surface area contributed by atoms with Gasteiger partial charge in [-0.05, 0) is 67.0 Å². The van der Waals surface area contributed by atoms with E-state index in [1.54, 1.807) is 49.6 Å². The van der Waals surface area contributed by atoms with Crippen molar-refractivity contribution in [3.8, 4) is 5.75 Å². The number of rotatable bonds is 10. The van der Waals surface area contributed by atoms with Crippen molar-refractivity contribution >= 4 is 34.8 Å². The molecule has 166 valence electrons. The van der Waals surface area contributed by atoms with Crippen LogP contribution in [0, 0.1) is 5.92 Å². The molecule has 7 nitrogen and oxygen atoms in total. The van der Waals surface area contributed by atoms with E-state index in [-0.39, 0.29) is 16.9 Å². The topological polar surface area (TPSA) is 88.7 Å². The molecule has 2 rings (SSSR count). The van der Waals surface area contributed by atoms with Crippen LogP contribution in [0.15, 0.2) is 48.5 Å². The third-order valence-electron chi connectivity index (χ3n) is 4.28. The normalized spacial score (nSPS) is 10.5. The van der Waals surface area contributed by atoms with Crippen molar-refractivity contribution in [2.24, 2.45) is 5.92 Å². The van der Waals surface area contributed by atoms with Gasteiger partial charge in [0.05, 0.1) is 13.2 Å². The van der Waals surface area contributed by atoms with Gasteiger partial charge in [-0.1, -0.05) is 19.9 Å². The zero-order chi connectivity index (χ0) is 22.6. The summed E-state index contributed by atoms with van der Waals surface area (Å²) in [5.74, 6) is 0.677. The summed E-state index contributed by atoms with van der Waals surface area (Å²) < 4.78 is 10.6. The smallest absolute Gasteiger partial charge is 0.257 e. The molecule has 31 heavy (non-hydrogen) atoms. The molecule has 0 aliphatic carbocycles. The lowest BCUT2D eigenvalue weighted by atomic mass is 10.1. The van der Waals surface area contributed by atoms with Gasteiger partial charge in [0.15, 0.2) is 5.11 Å². The van der Waals surface area contributed by atoms with Crippen LogP contribution in [0.5, 0.6) is 5.75 Å². The SMILES string of the molecule is COCCNC(=O)c1ccc(NC(=S)NC(=O)c2cccc(OCCC(C)C)c2)cc1. The third-order valence-corrected chi connectivity index (χ3v) is 4.49. The number of hydrogen-bond acceptors (Lipinski definition) is 5. The lowest BCUT2D eigenvalue weighted by molar-refractivity contribution is 0.0935. The minimum absolute atomic E-state index is 0.161. The molecule has 2 amide bonds. The Morgan fingerprint density at radius 3 is 2.42 bits per heavy atom. The Kier molecular flexibility index (Phi) is 9.93. The van der Waals surface area contributed by atoms with Crippen LogP contribution in [0.3, 0.4) is 0 Å². The number of carbonyl (C=O) groups excluding carboxylic acids is 2. The van der Waals surface area contributed by atoms with Gasteiger partial charge in [-0.15, -0.1) is 0 Å². The number of amides is 2. The Morgan fingerprint density at radius 2 is 1.74 bits per heavy atom. The first-order valence-electron chi connectivity index (χ1n) is 10.1. The molecule has 8 heteroatoms. The number of hydrogen-bond donors (Lipinski definition) is 3. The molecular formula is C23H29N3O4S. The lowest BCUT2D eigenvalue weighted by Crippen LogP contribution is -2.34. The van der Waals surface area contributed by atoms with E-state index in [1.165, 1.54) is 0 Å². The van der Waals surface area contributed by atoms with Gasteiger partial charge in [-0.3, -0.25) is 14.9 Å². The molecule has 0 radical (unpaired) electrons. The second kappa shape index (κ2) is 12.7. The molecule has 0 saturated heterocycles. The predicted octanol–water partition coefficient (Wildman–Crippen LogP) is 3.61. The second-order valence-corrected chi connectivity index (χ2v) is 7.70. The average molecular weight is 444 g/mol. The van der Waals surface area contributed by atoms with Gasteiger partial charge in [0, 0.05) is 30.5 Å². The third kappa shape index (κ3) is 8.74. The summed E-state index contributed by atoms with van der Waals surface area (Å²) in [7, 11) is 1.58. The molecule has 0 bridgehead atoms. The van der Waals surface area contributed by atoms with Crippen LogP contribution in [-0.2, 0) is 4.74 Å². The van der Waals surface area contributed by atoms with E-state index >= 15 is 0 Å². The molecular weight excluding hydrogens is 414 g/mol. The monoisotopic (exact) mass is 443 g/mol. The van der Waals surface area contributed by atoms with Crippen LogP contribution in [0.4, 0.5) is 5.69 Å². The van der Waals surface area contributed by atoms with Crippen molar-refractivity contribution in [2.75, 3.05) is 32.2 Å². The predicted molar refractivity (Wildman–Crippen MR) is 126 cm³/mol.